The Hall–Kier alpha value is -1.91. The summed E-state index contributed by atoms with van der Waals surface area (Å²) in [5, 5.41) is 7.39. The van der Waals surface area contributed by atoms with E-state index in [2.05, 4.69) is 27.3 Å². The first kappa shape index (κ1) is 10.6. The number of aryl methyl sites for hydroxylation is 1. The zero-order valence-electron chi connectivity index (χ0n) is 9.51. The largest absolute Gasteiger partial charge is 0.370 e. The van der Waals surface area contributed by atoms with Gasteiger partial charge in [0.15, 0.2) is 5.82 Å². The first-order chi connectivity index (χ1) is 7.79. The van der Waals surface area contributed by atoms with Crippen LogP contribution in [-0.2, 0) is 0 Å². The van der Waals surface area contributed by atoms with E-state index in [0.29, 0.717) is 0 Å². The summed E-state index contributed by atoms with van der Waals surface area (Å²) in [5.74, 6) is 2.38. The summed E-state index contributed by atoms with van der Waals surface area (Å²) in [6, 6.07) is 3.77. The fourth-order valence-corrected chi connectivity index (χ4v) is 1.42. The molecule has 5 nitrogen and oxygen atoms in total. The summed E-state index contributed by atoms with van der Waals surface area (Å²) in [4.78, 5) is 8.65. The highest BCUT2D eigenvalue weighted by molar-refractivity contribution is 5.41. The summed E-state index contributed by atoms with van der Waals surface area (Å²) >= 11 is 0. The second kappa shape index (κ2) is 4.74. The van der Waals surface area contributed by atoms with Gasteiger partial charge in [0.25, 0.3) is 0 Å². The van der Waals surface area contributed by atoms with Crippen LogP contribution in [0.3, 0.4) is 0 Å². The molecule has 5 heteroatoms. The number of hydrogen-bond acceptors (Lipinski definition) is 4. The maximum absolute atomic E-state index is 4.33. The molecule has 0 saturated carbocycles. The van der Waals surface area contributed by atoms with Crippen molar-refractivity contribution in [2.24, 2.45) is 0 Å². The predicted molar refractivity (Wildman–Crippen MR) is 62.7 cm³/mol. The molecule has 0 spiro atoms. The topological polar surface area (TPSA) is 55.6 Å². The van der Waals surface area contributed by atoms with Crippen molar-refractivity contribution in [1.82, 2.24) is 19.7 Å². The second-order valence-electron chi connectivity index (χ2n) is 3.54. The van der Waals surface area contributed by atoms with Gasteiger partial charge in [0, 0.05) is 25.0 Å². The van der Waals surface area contributed by atoms with E-state index in [1.165, 1.54) is 0 Å². The molecule has 2 heterocycles. The van der Waals surface area contributed by atoms with Crippen LogP contribution in [0.25, 0.3) is 5.82 Å². The molecular formula is C11H15N5. The number of rotatable bonds is 4. The Morgan fingerprint density at radius 1 is 1.38 bits per heavy atom. The van der Waals surface area contributed by atoms with E-state index in [1.807, 2.05) is 25.3 Å². The van der Waals surface area contributed by atoms with Crippen LogP contribution in [0, 0.1) is 6.92 Å². The van der Waals surface area contributed by atoms with Crippen molar-refractivity contribution in [2.75, 3.05) is 11.9 Å². The highest BCUT2D eigenvalue weighted by Crippen LogP contribution is 2.09. The summed E-state index contributed by atoms with van der Waals surface area (Å²) in [6.07, 6.45) is 4.67. The molecule has 2 aromatic heterocycles. The Labute approximate surface area is 94.5 Å². The molecule has 0 atom stereocenters. The molecule has 0 bridgehead atoms. The number of nitrogens with one attached hydrogen (secondary N) is 1. The normalized spacial score (nSPS) is 10.4. The first-order valence-electron chi connectivity index (χ1n) is 5.39. The first-order valence-corrected chi connectivity index (χ1v) is 5.39. The van der Waals surface area contributed by atoms with Gasteiger partial charge in [-0.25, -0.2) is 14.6 Å². The lowest BCUT2D eigenvalue weighted by atomic mass is 10.4. The Balaban J connectivity index is 2.29. The highest BCUT2D eigenvalue weighted by atomic mass is 15.3. The van der Waals surface area contributed by atoms with Crippen molar-refractivity contribution >= 4 is 5.82 Å². The Morgan fingerprint density at radius 2 is 2.25 bits per heavy atom. The monoisotopic (exact) mass is 217 g/mol. The minimum absolute atomic E-state index is 0.742. The zero-order chi connectivity index (χ0) is 11.4. The lowest BCUT2D eigenvalue weighted by molar-refractivity contribution is 0.827. The maximum atomic E-state index is 4.33. The fourth-order valence-electron chi connectivity index (χ4n) is 1.42. The van der Waals surface area contributed by atoms with E-state index < -0.39 is 0 Å². The van der Waals surface area contributed by atoms with Gasteiger partial charge in [-0.15, -0.1) is 0 Å². The number of anilines is 1. The van der Waals surface area contributed by atoms with E-state index in [0.717, 1.165) is 30.4 Å². The molecule has 84 valence electrons. The summed E-state index contributed by atoms with van der Waals surface area (Å²) in [7, 11) is 0. The number of hydrogen-bond donors (Lipinski definition) is 1. The van der Waals surface area contributed by atoms with Gasteiger partial charge < -0.3 is 5.32 Å². The minimum atomic E-state index is 0.742. The van der Waals surface area contributed by atoms with Crippen LogP contribution in [0.1, 0.15) is 19.2 Å². The van der Waals surface area contributed by atoms with E-state index >= 15 is 0 Å². The van der Waals surface area contributed by atoms with Crippen LogP contribution < -0.4 is 5.32 Å². The minimum Gasteiger partial charge on any atom is -0.370 e. The van der Waals surface area contributed by atoms with Crippen molar-refractivity contribution in [3.8, 4) is 5.82 Å². The van der Waals surface area contributed by atoms with Gasteiger partial charge in [-0.1, -0.05) is 6.92 Å². The van der Waals surface area contributed by atoms with E-state index in [1.54, 1.807) is 10.9 Å². The van der Waals surface area contributed by atoms with Crippen molar-refractivity contribution < 1.29 is 0 Å². The van der Waals surface area contributed by atoms with Crippen LogP contribution in [-0.4, -0.2) is 26.3 Å². The molecular weight excluding hydrogens is 202 g/mol. The fraction of sp³-hybridized carbons (Fsp3) is 0.364. The highest BCUT2D eigenvalue weighted by Gasteiger charge is 2.03. The molecule has 2 rings (SSSR count). The molecule has 0 saturated heterocycles. The Kier molecular flexibility index (Phi) is 3.14. The number of aromatic nitrogens is 4. The smallest absolute Gasteiger partial charge is 0.159 e. The van der Waals surface area contributed by atoms with Gasteiger partial charge in [0.2, 0.25) is 0 Å². The van der Waals surface area contributed by atoms with Crippen molar-refractivity contribution in [3.63, 3.8) is 0 Å². The third-order valence-electron chi connectivity index (χ3n) is 2.12. The molecule has 16 heavy (non-hydrogen) atoms. The summed E-state index contributed by atoms with van der Waals surface area (Å²) in [6.45, 7) is 4.91. The SMILES string of the molecule is CCCNc1cc(-n2cccn2)nc(C)n1. The van der Waals surface area contributed by atoms with E-state index in [4.69, 9.17) is 0 Å². The van der Waals surface area contributed by atoms with Crippen LogP contribution in [0.5, 0.6) is 0 Å². The molecule has 0 amide bonds. The maximum Gasteiger partial charge on any atom is 0.159 e. The second-order valence-corrected chi connectivity index (χ2v) is 3.54. The van der Waals surface area contributed by atoms with Crippen LogP contribution in [0.15, 0.2) is 24.5 Å². The third-order valence-corrected chi connectivity index (χ3v) is 2.12. The van der Waals surface area contributed by atoms with Crippen molar-refractivity contribution in [1.29, 1.82) is 0 Å². The number of nitrogens with zero attached hydrogens (tertiary/aromatic N) is 4. The summed E-state index contributed by atoms with van der Waals surface area (Å²) in [5.41, 5.74) is 0. The molecule has 0 aliphatic heterocycles. The van der Waals surface area contributed by atoms with Crippen LogP contribution in [0.4, 0.5) is 5.82 Å². The standard InChI is InChI=1S/C11H15N5/c1-3-5-12-10-8-11(15-9(2)14-10)16-7-4-6-13-16/h4,6-8H,3,5H2,1-2H3,(H,12,14,15). The van der Waals surface area contributed by atoms with E-state index in [-0.39, 0.29) is 0 Å². The Bertz CT molecular complexity index is 449. The van der Waals surface area contributed by atoms with E-state index in [9.17, 15) is 0 Å². The van der Waals surface area contributed by atoms with Crippen LogP contribution >= 0.6 is 0 Å². The predicted octanol–water partition coefficient (Wildman–Crippen LogP) is 1.79. The molecule has 1 N–H and O–H groups in total. The molecule has 0 fully saturated rings. The average Bonchev–Trinajstić information content (AvgIpc) is 2.79. The molecule has 0 aliphatic carbocycles. The van der Waals surface area contributed by atoms with Gasteiger partial charge in [-0.3, -0.25) is 0 Å². The lowest BCUT2D eigenvalue weighted by Crippen LogP contribution is -2.07. The summed E-state index contributed by atoms with van der Waals surface area (Å²) < 4.78 is 1.73. The lowest BCUT2D eigenvalue weighted by Gasteiger charge is -2.07. The molecule has 2 aromatic rings. The molecule has 0 aliphatic rings. The zero-order valence-corrected chi connectivity index (χ0v) is 9.51. The van der Waals surface area contributed by atoms with Gasteiger partial charge in [-0.05, 0) is 19.4 Å². The molecule has 0 unspecified atom stereocenters. The van der Waals surface area contributed by atoms with Gasteiger partial charge in [0.1, 0.15) is 11.6 Å². The third kappa shape index (κ3) is 2.36. The van der Waals surface area contributed by atoms with Crippen molar-refractivity contribution in [3.05, 3.63) is 30.4 Å². The quantitative estimate of drug-likeness (QED) is 0.848. The van der Waals surface area contributed by atoms with Crippen LogP contribution in [0.2, 0.25) is 0 Å². The van der Waals surface area contributed by atoms with Gasteiger partial charge >= 0.3 is 0 Å². The molecule has 0 radical (unpaired) electrons. The van der Waals surface area contributed by atoms with Gasteiger partial charge in [0.05, 0.1) is 0 Å². The van der Waals surface area contributed by atoms with Crippen molar-refractivity contribution in [2.45, 2.75) is 20.3 Å². The average molecular weight is 217 g/mol. The van der Waals surface area contributed by atoms with Gasteiger partial charge in [-0.2, -0.15) is 5.10 Å². The molecule has 0 aromatic carbocycles. The Morgan fingerprint density at radius 3 is 2.94 bits per heavy atom.